The SMILES string of the molecule is O=C(O)c1nocc1CF. The van der Waals surface area contributed by atoms with Crippen LogP contribution in [0.5, 0.6) is 0 Å². The molecule has 1 N–H and O–H groups in total. The van der Waals surface area contributed by atoms with Crippen molar-refractivity contribution in [1.82, 2.24) is 5.16 Å². The summed E-state index contributed by atoms with van der Waals surface area (Å²) in [7, 11) is 0. The molecule has 1 aromatic heterocycles. The third kappa shape index (κ3) is 0.975. The summed E-state index contributed by atoms with van der Waals surface area (Å²) in [5, 5.41) is 11.4. The molecule has 0 aliphatic carbocycles. The van der Waals surface area contributed by atoms with Gasteiger partial charge in [-0.3, -0.25) is 0 Å². The highest BCUT2D eigenvalue weighted by molar-refractivity contribution is 5.86. The lowest BCUT2D eigenvalue weighted by molar-refractivity contribution is 0.0684. The molecule has 10 heavy (non-hydrogen) atoms. The normalized spacial score (nSPS) is 9.70. The number of aromatic nitrogens is 1. The second-order valence-electron chi connectivity index (χ2n) is 1.63. The van der Waals surface area contributed by atoms with Crippen LogP contribution in [0.15, 0.2) is 10.8 Å². The van der Waals surface area contributed by atoms with Gasteiger partial charge in [0.15, 0.2) is 5.69 Å². The van der Waals surface area contributed by atoms with Crippen molar-refractivity contribution in [1.29, 1.82) is 0 Å². The van der Waals surface area contributed by atoms with Gasteiger partial charge in [-0.1, -0.05) is 5.16 Å². The van der Waals surface area contributed by atoms with Gasteiger partial charge in [-0.25, -0.2) is 9.18 Å². The third-order valence-electron chi connectivity index (χ3n) is 0.990. The zero-order valence-electron chi connectivity index (χ0n) is 4.87. The van der Waals surface area contributed by atoms with Crippen molar-refractivity contribution >= 4 is 5.97 Å². The molecule has 0 saturated carbocycles. The van der Waals surface area contributed by atoms with Gasteiger partial charge in [0.2, 0.25) is 0 Å². The molecule has 0 spiro atoms. The summed E-state index contributed by atoms with van der Waals surface area (Å²) in [4.78, 5) is 10.2. The van der Waals surface area contributed by atoms with Crippen molar-refractivity contribution < 1.29 is 18.8 Å². The summed E-state index contributed by atoms with van der Waals surface area (Å²) in [5.74, 6) is -1.28. The van der Waals surface area contributed by atoms with Crippen molar-refractivity contribution in [3.05, 3.63) is 17.5 Å². The van der Waals surface area contributed by atoms with Gasteiger partial charge in [-0.15, -0.1) is 0 Å². The molecule has 4 nitrogen and oxygen atoms in total. The molecule has 1 aromatic rings. The molecule has 5 heteroatoms. The Morgan fingerprint density at radius 1 is 1.90 bits per heavy atom. The largest absolute Gasteiger partial charge is 0.476 e. The predicted molar refractivity (Wildman–Crippen MR) is 28.3 cm³/mol. The fourth-order valence-corrected chi connectivity index (χ4v) is 0.528. The average Bonchev–Trinajstić information content (AvgIpc) is 2.33. The molecule has 1 heterocycles. The van der Waals surface area contributed by atoms with Crippen molar-refractivity contribution in [2.75, 3.05) is 0 Å². The third-order valence-corrected chi connectivity index (χ3v) is 0.990. The van der Waals surface area contributed by atoms with E-state index in [1.54, 1.807) is 0 Å². The van der Waals surface area contributed by atoms with E-state index in [1.807, 2.05) is 0 Å². The maximum absolute atomic E-state index is 11.8. The van der Waals surface area contributed by atoms with Gasteiger partial charge in [0.1, 0.15) is 12.9 Å². The van der Waals surface area contributed by atoms with E-state index in [9.17, 15) is 9.18 Å². The molecular formula is C5H4FNO3. The van der Waals surface area contributed by atoms with E-state index in [0.717, 1.165) is 6.26 Å². The first-order valence-corrected chi connectivity index (χ1v) is 2.48. The molecule has 0 aliphatic heterocycles. The number of alkyl halides is 1. The van der Waals surface area contributed by atoms with Gasteiger partial charge in [-0.2, -0.15) is 0 Å². The van der Waals surface area contributed by atoms with Crippen LogP contribution in [0, 0.1) is 0 Å². The molecule has 54 valence electrons. The lowest BCUT2D eigenvalue weighted by atomic mass is 10.3. The summed E-state index contributed by atoms with van der Waals surface area (Å²) in [6.07, 6.45) is 0.976. The summed E-state index contributed by atoms with van der Waals surface area (Å²) >= 11 is 0. The number of carboxylic acid groups (broad SMARTS) is 1. The molecule has 0 amide bonds. The number of carboxylic acids is 1. The van der Waals surface area contributed by atoms with Crippen LogP contribution < -0.4 is 0 Å². The van der Waals surface area contributed by atoms with Gasteiger partial charge in [-0.05, 0) is 0 Å². The fraction of sp³-hybridized carbons (Fsp3) is 0.200. The highest BCUT2D eigenvalue weighted by Gasteiger charge is 2.13. The highest BCUT2D eigenvalue weighted by atomic mass is 19.1. The fourth-order valence-electron chi connectivity index (χ4n) is 0.528. The number of hydrogen-bond acceptors (Lipinski definition) is 3. The lowest BCUT2D eigenvalue weighted by Gasteiger charge is -1.85. The van der Waals surface area contributed by atoms with Crippen LogP contribution in [-0.2, 0) is 6.67 Å². The molecule has 0 bridgehead atoms. The van der Waals surface area contributed by atoms with Crippen molar-refractivity contribution in [2.45, 2.75) is 6.67 Å². The first kappa shape index (κ1) is 6.73. The number of rotatable bonds is 2. The lowest BCUT2D eigenvalue weighted by Crippen LogP contribution is -1.99. The first-order valence-electron chi connectivity index (χ1n) is 2.48. The Balaban J connectivity index is 3.01. The van der Waals surface area contributed by atoms with E-state index >= 15 is 0 Å². The van der Waals surface area contributed by atoms with E-state index in [0.29, 0.717) is 0 Å². The van der Waals surface area contributed by atoms with Gasteiger partial charge >= 0.3 is 5.97 Å². The zero-order valence-corrected chi connectivity index (χ0v) is 4.87. The van der Waals surface area contributed by atoms with Gasteiger partial charge in [0, 0.05) is 0 Å². The molecule has 0 aromatic carbocycles. The second kappa shape index (κ2) is 2.47. The van der Waals surface area contributed by atoms with Crippen LogP contribution in [0.2, 0.25) is 0 Å². The summed E-state index contributed by atoms with van der Waals surface area (Å²) in [6, 6.07) is 0. The first-order chi connectivity index (χ1) is 4.75. The van der Waals surface area contributed by atoms with Gasteiger partial charge in [0.05, 0.1) is 5.56 Å². The molecule has 0 radical (unpaired) electrons. The van der Waals surface area contributed by atoms with Crippen LogP contribution in [0.4, 0.5) is 4.39 Å². The predicted octanol–water partition coefficient (Wildman–Crippen LogP) is 0.842. The molecule has 1 rings (SSSR count). The molecular weight excluding hydrogens is 141 g/mol. The standard InChI is InChI=1S/C5H4FNO3/c6-1-3-2-10-7-4(3)5(8)9/h2H,1H2,(H,8,9). The Morgan fingerprint density at radius 3 is 3.00 bits per heavy atom. The van der Waals surface area contributed by atoms with Crippen molar-refractivity contribution in [2.24, 2.45) is 0 Å². The number of hydrogen-bond donors (Lipinski definition) is 1. The number of carbonyl (C=O) groups is 1. The van der Waals surface area contributed by atoms with E-state index in [-0.39, 0.29) is 11.3 Å². The zero-order chi connectivity index (χ0) is 7.56. The second-order valence-corrected chi connectivity index (χ2v) is 1.63. The van der Waals surface area contributed by atoms with E-state index in [2.05, 4.69) is 9.68 Å². The Labute approximate surface area is 55.2 Å². The van der Waals surface area contributed by atoms with Crippen LogP contribution in [0.1, 0.15) is 16.1 Å². The number of halogens is 1. The smallest absolute Gasteiger partial charge is 0.358 e. The summed E-state index contributed by atoms with van der Waals surface area (Å²) in [5.41, 5.74) is -0.394. The van der Waals surface area contributed by atoms with Crippen LogP contribution in [0.25, 0.3) is 0 Å². The number of nitrogens with zero attached hydrogens (tertiary/aromatic N) is 1. The Hall–Kier alpha value is -1.39. The van der Waals surface area contributed by atoms with E-state index in [1.165, 1.54) is 0 Å². The Kier molecular flexibility index (Phi) is 1.66. The van der Waals surface area contributed by atoms with Crippen LogP contribution >= 0.6 is 0 Å². The minimum absolute atomic E-state index is 0.0347. The van der Waals surface area contributed by atoms with Gasteiger partial charge in [0.25, 0.3) is 0 Å². The highest BCUT2D eigenvalue weighted by Crippen LogP contribution is 2.07. The molecule has 0 saturated heterocycles. The minimum Gasteiger partial charge on any atom is -0.476 e. The van der Waals surface area contributed by atoms with E-state index in [4.69, 9.17) is 5.11 Å². The van der Waals surface area contributed by atoms with Crippen LogP contribution in [0.3, 0.4) is 0 Å². The monoisotopic (exact) mass is 145 g/mol. The van der Waals surface area contributed by atoms with Crippen LogP contribution in [-0.4, -0.2) is 16.2 Å². The van der Waals surface area contributed by atoms with E-state index < -0.39 is 12.6 Å². The topological polar surface area (TPSA) is 63.3 Å². The maximum atomic E-state index is 11.8. The molecule has 0 atom stereocenters. The quantitative estimate of drug-likeness (QED) is 0.669. The Morgan fingerprint density at radius 2 is 2.60 bits per heavy atom. The maximum Gasteiger partial charge on any atom is 0.358 e. The number of aromatic carboxylic acids is 1. The van der Waals surface area contributed by atoms with Crippen molar-refractivity contribution in [3.8, 4) is 0 Å². The summed E-state index contributed by atoms with van der Waals surface area (Å²) < 4.78 is 16.0. The minimum atomic E-state index is -1.28. The summed E-state index contributed by atoms with van der Waals surface area (Å²) in [6.45, 7) is -0.870. The molecule has 0 aliphatic rings. The van der Waals surface area contributed by atoms with Gasteiger partial charge < -0.3 is 9.63 Å². The Bertz CT molecular complexity index is 245. The molecule has 0 unspecified atom stereocenters. The average molecular weight is 145 g/mol. The molecule has 0 fully saturated rings. The van der Waals surface area contributed by atoms with Crippen molar-refractivity contribution in [3.63, 3.8) is 0 Å².